The van der Waals surface area contributed by atoms with Gasteiger partial charge in [0.2, 0.25) is 5.91 Å². The van der Waals surface area contributed by atoms with Crippen molar-refractivity contribution in [3.05, 3.63) is 39.6 Å². The number of piperidine rings is 1. The first-order chi connectivity index (χ1) is 11.7. The number of aryl methyl sites for hydroxylation is 2. The summed E-state index contributed by atoms with van der Waals surface area (Å²) in [7, 11) is 0. The summed E-state index contributed by atoms with van der Waals surface area (Å²) in [5.74, 6) is 0.200. The number of aromatic nitrogens is 2. The van der Waals surface area contributed by atoms with Crippen LogP contribution in [-0.2, 0) is 11.3 Å². The van der Waals surface area contributed by atoms with E-state index in [9.17, 15) is 9.59 Å². The van der Waals surface area contributed by atoms with Crippen LogP contribution < -0.4 is 5.69 Å². The third kappa shape index (κ3) is 5.28. The van der Waals surface area contributed by atoms with Crippen LogP contribution in [0.4, 0.5) is 0 Å². The van der Waals surface area contributed by atoms with Gasteiger partial charge in [-0.3, -0.25) is 9.36 Å². The molecular formula is C20H31N3O2. The zero-order chi connectivity index (χ0) is 18.6. The van der Waals surface area contributed by atoms with Crippen molar-refractivity contribution >= 4 is 5.91 Å². The molecule has 1 aliphatic rings. The maximum atomic E-state index is 12.3. The van der Waals surface area contributed by atoms with Crippen molar-refractivity contribution < 1.29 is 4.79 Å². The topological polar surface area (TPSA) is 55.2 Å². The van der Waals surface area contributed by atoms with Gasteiger partial charge in [0.15, 0.2) is 0 Å². The smallest absolute Gasteiger partial charge is 0.340 e. The summed E-state index contributed by atoms with van der Waals surface area (Å²) in [6.07, 6.45) is 5.97. The van der Waals surface area contributed by atoms with Gasteiger partial charge in [0.25, 0.3) is 0 Å². The summed E-state index contributed by atoms with van der Waals surface area (Å²) in [5, 5.41) is 0. The normalized spacial score (nSPS) is 20.7. The maximum absolute atomic E-state index is 12.3. The lowest BCUT2D eigenvalue weighted by molar-refractivity contribution is -0.137. The second kappa shape index (κ2) is 7.98. The van der Waals surface area contributed by atoms with Crippen LogP contribution in [0.5, 0.6) is 0 Å². The number of allylic oxidation sites excluding steroid dienone is 2. The van der Waals surface area contributed by atoms with E-state index in [1.54, 1.807) is 4.57 Å². The van der Waals surface area contributed by atoms with Crippen LogP contribution in [0.15, 0.2) is 22.5 Å². The molecule has 1 aromatic rings. The summed E-state index contributed by atoms with van der Waals surface area (Å²) in [6.45, 7) is 12.1. The van der Waals surface area contributed by atoms with E-state index in [0.717, 1.165) is 37.2 Å². The van der Waals surface area contributed by atoms with Crippen molar-refractivity contribution in [2.75, 3.05) is 13.1 Å². The van der Waals surface area contributed by atoms with E-state index in [2.05, 4.69) is 31.8 Å². The maximum Gasteiger partial charge on any atom is 0.348 e. The van der Waals surface area contributed by atoms with E-state index in [1.165, 1.54) is 5.57 Å². The number of carbonyl (C=O) groups is 1. The van der Waals surface area contributed by atoms with Crippen molar-refractivity contribution in [3.8, 4) is 0 Å². The minimum Gasteiger partial charge on any atom is -0.340 e. The number of rotatable bonds is 6. The number of hydrogen-bond acceptors (Lipinski definition) is 3. The Morgan fingerprint density at radius 3 is 2.64 bits per heavy atom. The summed E-state index contributed by atoms with van der Waals surface area (Å²) in [6, 6.07) is 1.91. The van der Waals surface area contributed by atoms with Crippen LogP contribution in [0.2, 0.25) is 0 Å². The molecule has 25 heavy (non-hydrogen) atoms. The van der Waals surface area contributed by atoms with Gasteiger partial charge in [-0.25, -0.2) is 4.79 Å². The lowest BCUT2D eigenvalue weighted by atomic mass is 9.77. The molecule has 1 saturated heterocycles. The number of nitrogens with zero attached hydrogens (tertiary/aromatic N) is 3. The highest BCUT2D eigenvalue weighted by molar-refractivity contribution is 5.77. The fourth-order valence-electron chi connectivity index (χ4n) is 3.58. The first-order valence-corrected chi connectivity index (χ1v) is 9.16. The molecule has 1 amide bonds. The molecule has 5 nitrogen and oxygen atoms in total. The number of carbonyl (C=O) groups excluding carboxylic acids is 1. The van der Waals surface area contributed by atoms with Crippen LogP contribution in [0.3, 0.4) is 0 Å². The number of likely N-dealkylation sites (tertiary alicyclic amines) is 1. The molecule has 2 heterocycles. The first-order valence-electron chi connectivity index (χ1n) is 9.16. The summed E-state index contributed by atoms with van der Waals surface area (Å²) in [4.78, 5) is 30.3. The fourth-order valence-corrected chi connectivity index (χ4v) is 3.58. The van der Waals surface area contributed by atoms with Gasteiger partial charge in [-0.15, -0.1) is 0 Å². The Labute approximate surface area is 150 Å². The van der Waals surface area contributed by atoms with Crippen molar-refractivity contribution in [1.29, 1.82) is 0 Å². The SMILES string of the molecule is CC(C)=CCC[C@]1(C)CCC(=O)N(CCn2c(C)cc(C)nc2=O)C1. The average Bonchev–Trinajstić information content (AvgIpc) is 2.49. The molecule has 2 rings (SSSR count). The van der Waals surface area contributed by atoms with E-state index < -0.39 is 0 Å². The third-order valence-electron chi connectivity index (χ3n) is 5.11. The molecule has 0 radical (unpaired) electrons. The van der Waals surface area contributed by atoms with Gasteiger partial charge in [0, 0.05) is 37.4 Å². The van der Waals surface area contributed by atoms with E-state index in [-0.39, 0.29) is 17.0 Å². The van der Waals surface area contributed by atoms with Crippen LogP contribution in [-0.4, -0.2) is 33.4 Å². The molecule has 0 N–H and O–H groups in total. The Hall–Kier alpha value is -1.91. The van der Waals surface area contributed by atoms with Gasteiger partial charge in [0.05, 0.1) is 0 Å². The zero-order valence-electron chi connectivity index (χ0n) is 16.3. The Balaban J connectivity index is 2.02. The molecule has 0 aliphatic carbocycles. The molecular weight excluding hydrogens is 314 g/mol. The number of amides is 1. The highest BCUT2D eigenvalue weighted by Crippen LogP contribution is 2.34. The molecule has 0 spiro atoms. The lowest BCUT2D eigenvalue weighted by Crippen LogP contribution is -2.47. The van der Waals surface area contributed by atoms with Crippen molar-refractivity contribution in [2.24, 2.45) is 5.41 Å². The quantitative estimate of drug-likeness (QED) is 0.744. The highest BCUT2D eigenvalue weighted by Gasteiger charge is 2.34. The molecule has 138 valence electrons. The monoisotopic (exact) mass is 345 g/mol. The van der Waals surface area contributed by atoms with E-state index in [1.807, 2.05) is 24.8 Å². The van der Waals surface area contributed by atoms with Gasteiger partial charge in [0.1, 0.15) is 0 Å². The van der Waals surface area contributed by atoms with Crippen LogP contribution in [0.1, 0.15) is 57.8 Å². The predicted octanol–water partition coefficient (Wildman–Crippen LogP) is 3.24. The molecule has 0 saturated carbocycles. The fraction of sp³-hybridized carbons (Fsp3) is 0.650. The zero-order valence-corrected chi connectivity index (χ0v) is 16.3. The first kappa shape index (κ1) is 19.4. The second-order valence-electron chi connectivity index (χ2n) is 7.92. The van der Waals surface area contributed by atoms with Crippen LogP contribution >= 0.6 is 0 Å². The minimum absolute atomic E-state index is 0.158. The lowest BCUT2D eigenvalue weighted by Gasteiger charge is -2.40. The largest absolute Gasteiger partial charge is 0.348 e. The summed E-state index contributed by atoms with van der Waals surface area (Å²) < 4.78 is 1.66. The van der Waals surface area contributed by atoms with Gasteiger partial charge < -0.3 is 4.90 Å². The van der Waals surface area contributed by atoms with Crippen molar-refractivity contribution in [2.45, 2.75) is 66.8 Å². The summed E-state index contributed by atoms with van der Waals surface area (Å²) >= 11 is 0. The van der Waals surface area contributed by atoms with Gasteiger partial charge in [-0.05, 0) is 58.4 Å². The summed E-state index contributed by atoms with van der Waals surface area (Å²) in [5.41, 5.74) is 2.90. The molecule has 5 heteroatoms. The Morgan fingerprint density at radius 1 is 1.28 bits per heavy atom. The molecule has 1 atom stereocenters. The van der Waals surface area contributed by atoms with Crippen molar-refractivity contribution in [1.82, 2.24) is 14.5 Å². The molecule has 0 unspecified atom stereocenters. The number of hydrogen-bond donors (Lipinski definition) is 0. The Kier molecular flexibility index (Phi) is 6.20. The molecule has 1 aliphatic heterocycles. The van der Waals surface area contributed by atoms with Gasteiger partial charge in [-0.2, -0.15) is 4.98 Å². The minimum atomic E-state index is -0.228. The molecule has 0 aromatic carbocycles. The van der Waals surface area contributed by atoms with Crippen LogP contribution in [0.25, 0.3) is 0 Å². The van der Waals surface area contributed by atoms with Gasteiger partial charge in [-0.1, -0.05) is 18.6 Å². The second-order valence-corrected chi connectivity index (χ2v) is 7.92. The molecule has 0 bridgehead atoms. The average molecular weight is 345 g/mol. The molecule has 1 aromatic heterocycles. The van der Waals surface area contributed by atoms with Gasteiger partial charge >= 0.3 is 5.69 Å². The Morgan fingerprint density at radius 2 is 2.00 bits per heavy atom. The van der Waals surface area contributed by atoms with E-state index in [4.69, 9.17) is 0 Å². The van der Waals surface area contributed by atoms with Crippen LogP contribution in [0, 0.1) is 19.3 Å². The third-order valence-corrected chi connectivity index (χ3v) is 5.11. The van der Waals surface area contributed by atoms with E-state index >= 15 is 0 Å². The van der Waals surface area contributed by atoms with Crippen molar-refractivity contribution in [3.63, 3.8) is 0 Å². The van der Waals surface area contributed by atoms with E-state index in [0.29, 0.717) is 19.5 Å². The predicted molar refractivity (Wildman–Crippen MR) is 101 cm³/mol. The standard InChI is InChI=1S/C20H31N3O2/c1-15(2)7-6-9-20(5)10-8-18(24)22(14-20)11-12-23-17(4)13-16(3)21-19(23)25/h7,13H,6,8-12,14H2,1-5H3/t20-/m1/s1. The molecule has 1 fully saturated rings. The Bertz CT molecular complexity index is 716. The highest BCUT2D eigenvalue weighted by atomic mass is 16.2.